The molecule has 0 spiro atoms. The molecule has 4 unspecified atom stereocenters. The minimum Gasteiger partial charge on any atom is -0.306 e. The van der Waals surface area contributed by atoms with Gasteiger partial charge in [0, 0.05) is 17.0 Å². The normalized spacial score (nSPS) is 40.1. The first-order chi connectivity index (χ1) is 9.52. The van der Waals surface area contributed by atoms with E-state index in [1.54, 1.807) is 4.88 Å². The van der Waals surface area contributed by atoms with E-state index in [0.29, 0.717) is 16.9 Å². The summed E-state index contributed by atoms with van der Waals surface area (Å²) in [6.45, 7) is 7.59. The Kier molecular flexibility index (Phi) is 2.89. The molecule has 3 aliphatic carbocycles. The Balaban J connectivity index is 1.57. The van der Waals surface area contributed by atoms with E-state index in [0.717, 1.165) is 17.9 Å². The maximum atomic E-state index is 4.12. The van der Waals surface area contributed by atoms with Crippen LogP contribution >= 0.6 is 11.3 Å². The summed E-state index contributed by atoms with van der Waals surface area (Å²) in [6, 6.07) is 5.90. The predicted octanol–water partition coefficient (Wildman–Crippen LogP) is 5.00. The molecule has 4 atom stereocenters. The second-order valence-corrected chi connectivity index (χ2v) is 9.14. The Morgan fingerprint density at radius 2 is 2.05 bits per heavy atom. The molecule has 20 heavy (non-hydrogen) atoms. The fourth-order valence-electron chi connectivity index (χ4n) is 5.02. The van der Waals surface area contributed by atoms with Crippen LogP contribution in [-0.2, 0) is 0 Å². The average molecular weight is 289 g/mol. The molecule has 0 amide bonds. The molecule has 0 aliphatic heterocycles. The van der Waals surface area contributed by atoms with Gasteiger partial charge in [-0.3, -0.25) is 0 Å². The summed E-state index contributed by atoms with van der Waals surface area (Å²) >= 11 is 1.94. The minimum absolute atomic E-state index is 0.502. The topological polar surface area (TPSA) is 12.0 Å². The summed E-state index contributed by atoms with van der Waals surface area (Å²) in [6.07, 6.45) is 7.12. The van der Waals surface area contributed by atoms with Gasteiger partial charge in [0.05, 0.1) is 0 Å². The Hall–Kier alpha value is -0.340. The highest BCUT2D eigenvalue weighted by Gasteiger charge is 2.61. The zero-order valence-electron chi connectivity index (χ0n) is 13.0. The first kappa shape index (κ1) is 13.3. The second kappa shape index (κ2) is 4.33. The highest BCUT2D eigenvalue weighted by atomic mass is 32.1. The maximum Gasteiger partial charge on any atom is 0.0445 e. The van der Waals surface area contributed by atoms with Crippen LogP contribution in [0.25, 0.3) is 0 Å². The van der Waals surface area contributed by atoms with Gasteiger partial charge in [0.2, 0.25) is 0 Å². The zero-order valence-corrected chi connectivity index (χ0v) is 13.8. The summed E-state index contributed by atoms with van der Waals surface area (Å²) in [5, 5.41) is 6.35. The number of hydrogen-bond donors (Lipinski definition) is 1. The van der Waals surface area contributed by atoms with Crippen molar-refractivity contribution < 1.29 is 0 Å². The summed E-state index contributed by atoms with van der Waals surface area (Å²) in [7, 11) is 0. The fraction of sp³-hybridized carbons (Fsp3) is 0.778. The van der Waals surface area contributed by atoms with Crippen molar-refractivity contribution in [1.29, 1.82) is 0 Å². The van der Waals surface area contributed by atoms with E-state index in [9.17, 15) is 0 Å². The average Bonchev–Trinajstić information content (AvgIpc) is 3.01. The van der Waals surface area contributed by atoms with Gasteiger partial charge in [-0.15, -0.1) is 11.3 Å². The molecule has 0 aromatic carbocycles. The molecule has 1 heterocycles. The highest BCUT2D eigenvalue weighted by Crippen LogP contribution is 2.66. The molecule has 1 aromatic heterocycles. The molecule has 3 saturated carbocycles. The Morgan fingerprint density at radius 1 is 1.25 bits per heavy atom. The Labute approximate surface area is 127 Å². The van der Waals surface area contributed by atoms with Crippen LogP contribution in [0.5, 0.6) is 0 Å². The third kappa shape index (κ3) is 1.77. The third-order valence-corrected chi connectivity index (χ3v) is 8.07. The van der Waals surface area contributed by atoms with Crippen molar-refractivity contribution in [2.24, 2.45) is 22.7 Å². The zero-order chi connectivity index (χ0) is 14.0. The molecule has 110 valence electrons. The molecule has 3 fully saturated rings. The van der Waals surface area contributed by atoms with Gasteiger partial charge in [-0.1, -0.05) is 26.8 Å². The lowest BCUT2D eigenvalue weighted by Gasteiger charge is -2.41. The molecular formula is C18H27NS. The van der Waals surface area contributed by atoms with E-state index < -0.39 is 0 Å². The molecule has 4 rings (SSSR count). The standard InChI is InChI=1S/C18H27NS/c1-17(2)13-8-9-18(17,3)15(11-13)19-16(12-6-7-12)14-5-4-10-20-14/h4-5,10,12-13,15-16,19H,6-9,11H2,1-3H3. The van der Waals surface area contributed by atoms with Crippen LogP contribution in [0.1, 0.15) is 63.8 Å². The van der Waals surface area contributed by atoms with Crippen molar-refractivity contribution in [1.82, 2.24) is 5.32 Å². The minimum atomic E-state index is 0.502. The van der Waals surface area contributed by atoms with Crippen LogP contribution in [0.15, 0.2) is 17.5 Å². The third-order valence-electron chi connectivity index (χ3n) is 7.12. The van der Waals surface area contributed by atoms with Crippen LogP contribution in [0.2, 0.25) is 0 Å². The first-order valence-corrected chi connectivity index (χ1v) is 9.20. The van der Waals surface area contributed by atoms with Gasteiger partial charge >= 0.3 is 0 Å². The summed E-state index contributed by atoms with van der Waals surface area (Å²) in [4.78, 5) is 1.57. The van der Waals surface area contributed by atoms with Gasteiger partial charge in [0.1, 0.15) is 0 Å². The first-order valence-electron chi connectivity index (χ1n) is 8.32. The van der Waals surface area contributed by atoms with Gasteiger partial charge in [-0.25, -0.2) is 0 Å². The van der Waals surface area contributed by atoms with Gasteiger partial charge < -0.3 is 5.32 Å². The van der Waals surface area contributed by atoms with Gasteiger partial charge in [0.25, 0.3) is 0 Å². The molecule has 0 radical (unpaired) electrons. The van der Waals surface area contributed by atoms with Crippen LogP contribution < -0.4 is 5.32 Å². The van der Waals surface area contributed by atoms with Gasteiger partial charge in [-0.05, 0) is 66.2 Å². The second-order valence-electron chi connectivity index (χ2n) is 8.16. The molecule has 1 N–H and O–H groups in total. The molecule has 2 bridgehead atoms. The number of hydrogen-bond acceptors (Lipinski definition) is 2. The van der Waals surface area contributed by atoms with Crippen molar-refractivity contribution >= 4 is 11.3 Å². The van der Waals surface area contributed by atoms with Crippen LogP contribution in [0.4, 0.5) is 0 Å². The molecule has 1 aromatic rings. The van der Waals surface area contributed by atoms with Crippen molar-refractivity contribution in [3.05, 3.63) is 22.4 Å². The molecule has 2 heteroatoms. The van der Waals surface area contributed by atoms with Gasteiger partial charge in [-0.2, -0.15) is 0 Å². The van der Waals surface area contributed by atoms with Crippen molar-refractivity contribution in [2.45, 2.75) is 65.0 Å². The number of nitrogens with one attached hydrogen (secondary N) is 1. The smallest absolute Gasteiger partial charge is 0.0445 e. The fourth-order valence-corrected chi connectivity index (χ4v) is 5.90. The molecule has 1 nitrogen and oxygen atoms in total. The molecule has 0 saturated heterocycles. The van der Waals surface area contributed by atoms with E-state index in [1.165, 1.54) is 32.1 Å². The lowest BCUT2D eigenvalue weighted by Crippen LogP contribution is -2.46. The number of fused-ring (bicyclic) bond motifs is 2. The van der Waals surface area contributed by atoms with Crippen molar-refractivity contribution in [3.8, 4) is 0 Å². The summed E-state index contributed by atoms with van der Waals surface area (Å²) in [5.74, 6) is 1.84. The lowest BCUT2D eigenvalue weighted by atomic mass is 9.69. The molecular weight excluding hydrogens is 262 g/mol. The largest absolute Gasteiger partial charge is 0.306 e. The Bertz CT molecular complexity index is 488. The lowest BCUT2D eigenvalue weighted by molar-refractivity contribution is 0.113. The van der Waals surface area contributed by atoms with Crippen LogP contribution in [0, 0.1) is 22.7 Å². The summed E-state index contributed by atoms with van der Waals surface area (Å²) < 4.78 is 0. The Morgan fingerprint density at radius 3 is 2.55 bits per heavy atom. The highest BCUT2D eigenvalue weighted by molar-refractivity contribution is 7.10. The number of thiophene rings is 1. The van der Waals surface area contributed by atoms with Crippen LogP contribution in [-0.4, -0.2) is 6.04 Å². The quantitative estimate of drug-likeness (QED) is 0.822. The molecule has 3 aliphatic rings. The van der Waals surface area contributed by atoms with E-state index in [1.807, 2.05) is 11.3 Å². The van der Waals surface area contributed by atoms with Crippen LogP contribution in [0.3, 0.4) is 0 Å². The summed E-state index contributed by atoms with van der Waals surface area (Å²) in [5.41, 5.74) is 1.02. The predicted molar refractivity (Wildman–Crippen MR) is 85.9 cm³/mol. The van der Waals surface area contributed by atoms with E-state index in [-0.39, 0.29) is 0 Å². The van der Waals surface area contributed by atoms with Gasteiger partial charge in [0.15, 0.2) is 0 Å². The van der Waals surface area contributed by atoms with Crippen molar-refractivity contribution in [2.75, 3.05) is 0 Å². The van der Waals surface area contributed by atoms with E-state index in [2.05, 4.69) is 43.6 Å². The maximum absolute atomic E-state index is 4.12. The van der Waals surface area contributed by atoms with E-state index in [4.69, 9.17) is 0 Å². The number of rotatable bonds is 4. The SMILES string of the molecule is CC1(C)C2CCC1(C)C(NC(c1cccs1)C1CC1)C2. The monoisotopic (exact) mass is 289 g/mol. The van der Waals surface area contributed by atoms with E-state index >= 15 is 0 Å². The van der Waals surface area contributed by atoms with Crippen molar-refractivity contribution in [3.63, 3.8) is 0 Å².